The molecule has 0 saturated carbocycles. The molecule has 1 aromatic rings. The van der Waals surface area contributed by atoms with Crippen LogP contribution < -0.4 is 5.48 Å². The number of phenols is 2. The van der Waals surface area contributed by atoms with Gasteiger partial charge in [-0.15, -0.1) is 0 Å². The number of allylic oxidation sites excluding steroid dienone is 3. The molecule has 1 aliphatic rings. The number of rotatable bonds is 7. The number of phenolic OH excluding ortho intramolecular Hbond substituents is 2. The van der Waals surface area contributed by atoms with Crippen molar-refractivity contribution in [2.24, 2.45) is 5.16 Å². The Morgan fingerprint density at radius 3 is 2.57 bits per heavy atom. The molecule has 1 heterocycles. The van der Waals surface area contributed by atoms with Crippen LogP contribution in [0, 0.1) is 0 Å². The van der Waals surface area contributed by atoms with Gasteiger partial charge in [-0.3, -0.25) is 10.3 Å². The molecule has 0 radical (unpaired) electrons. The Bertz CT molecular complexity index is 1080. The van der Waals surface area contributed by atoms with Crippen molar-refractivity contribution in [1.82, 2.24) is 5.48 Å². The van der Waals surface area contributed by atoms with E-state index in [0.29, 0.717) is 25.0 Å². The number of fused-ring (bicyclic) bond motifs is 1. The van der Waals surface area contributed by atoms with Crippen LogP contribution >= 0.6 is 11.6 Å². The first kappa shape index (κ1) is 29.5. The minimum atomic E-state index is -0.850. The average molecular weight is 541 g/mol. The van der Waals surface area contributed by atoms with Crippen molar-refractivity contribution in [2.75, 3.05) is 27.4 Å². The van der Waals surface area contributed by atoms with Gasteiger partial charge in [0.25, 0.3) is 0 Å². The number of halogens is 1. The normalized spacial score (nSPS) is 18.5. The molecule has 1 unspecified atom stereocenters. The maximum atomic E-state index is 13.0. The molecule has 2 rings (SSSR count). The number of nitrogens with zero attached hydrogens (tertiary/aromatic N) is 1. The summed E-state index contributed by atoms with van der Waals surface area (Å²) < 4.78 is 14.5. The predicted molar refractivity (Wildman–Crippen MR) is 131 cm³/mol. The van der Waals surface area contributed by atoms with Crippen LogP contribution in [0.1, 0.15) is 42.1 Å². The van der Waals surface area contributed by atoms with Crippen LogP contribution in [-0.4, -0.2) is 67.4 Å². The van der Waals surface area contributed by atoms with Crippen molar-refractivity contribution in [3.63, 3.8) is 0 Å². The van der Waals surface area contributed by atoms with E-state index in [4.69, 9.17) is 26.0 Å². The van der Waals surface area contributed by atoms with Crippen molar-refractivity contribution in [1.29, 1.82) is 0 Å². The van der Waals surface area contributed by atoms with Crippen molar-refractivity contribution in [3.8, 4) is 11.5 Å². The van der Waals surface area contributed by atoms with Gasteiger partial charge in [0.1, 0.15) is 23.2 Å². The van der Waals surface area contributed by atoms with Crippen molar-refractivity contribution in [3.05, 3.63) is 46.1 Å². The molecule has 1 aromatic carbocycles. The molecule has 0 spiro atoms. The van der Waals surface area contributed by atoms with Crippen LogP contribution in [0.25, 0.3) is 0 Å². The number of cyclic esters (lactones) is 1. The van der Waals surface area contributed by atoms with Crippen molar-refractivity contribution in [2.45, 2.75) is 38.7 Å². The Hall–Kier alpha value is -3.77. The highest BCUT2D eigenvalue weighted by atomic mass is 35.5. The van der Waals surface area contributed by atoms with Gasteiger partial charge in [-0.1, -0.05) is 28.9 Å². The Kier molecular flexibility index (Phi) is 11.7. The number of carbonyl (C=O) groups excluding carboxylic acids is 3. The largest absolute Gasteiger partial charge is 0.507 e. The standard InChI is InChI=1S/C24H29ClN2O10/c1-14-7-5-4-6-8-15(26-35-12-20(30)33-2)9-16(27-36-13-21(31)34-3)10-17-22(24(32)37-14)18(28)11-19(29)23(17)25/h4-5,9,11,14,27-29H,6-8,10,12-13H2,1-3H3/b5-4+,16-9?,26-15?. The first-order valence-electron chi connectivity index (χ1n) is 11.2. The summed E-state index contributed by atoms with van der Waals surface area (Å²) in [4.78, 5) is 46.1. The minimum absolute atomic E-state index is 0.0271. The van der Waals surface area contributed by atoms with E-state index in [1.165, 1.54) is 20.3 Å². The second kappa shape index (κ2) is 14.7. The van der Waals surface area contributed by atoms with E-state index in [1.807, 2.05) is 12.2 Å². The average Bonchev–Trinajstić information content (AvgIpc) is 2.85. The van der Waals surface area contributed by atoms with E-state index < -0.39 is 48.7 Å². The fraction of sp³-hybridized carbons (Fsp3) is 0.417. The summed E-state index contributed by atoms with van der Waals surface area (Å²) in [6, 6.07) is 0.939. The molecule has 1 atom stereocenters. The zero-order valence-electron chi connectivity index (χ0n) is 20.6. The fourth-order valence-corrected chi connectivity index (χ4v) is 3.35. The summed E-state index contributed by atoms with van der Waals surface area (Å²) in [6.07, 6.45) is 5.73. The number of hydroxylamine groups is 1. The van der Waals surface area contributed by atoms with Gasteiger partial charge in [0.05, 0.1) is 25.0 Å². The number of benzene rings is 1. The molecule has 3 N–H and O–H groups in total. The van der Waals surface area contributed by atoms with Crippen LogP contribution in [0.3, 0.4) is 0 Å². The number of esters is 3. The second-order valence-electron chi connectivity index (χ2n) is 7.79. The maximum absolute atomic E-state index is 13.0. The van der Waals surface area contributed by atoms with E-state index in [9.17, 15) is 24.6 Å². The molecule has 0 bridgehead atoms. The molecule has 13 heteroatoms. The van der Waals surface area contributed by atoms with Crippen LogP contribution in [-0.2, 0) is 39.9 Å². The highest BCUT2D eigenvalue weighted by Crippen LogP contribution is 2.38. The molecule has 0 saturated heterocycles. The molecule has 0 fully saturated rings. The van der Waals surface area contributed by atoms with Gasteiger partial charge < -0.3 is 29.3 Å². The lowest BCUT2D eigenvalue weighted by atomic mass is 9.99. The lowest BCUT2D eigenvalue weighted by Gasteiger charge is -2.19. The van der Waals surface area contributed by atoms with Gasteiger partial charge in [-0.2, -0.15) is 0 Å². The van der Waals surface area contributed by atoms with E-state index in [0.717, 1.165) is 6.07 Å². The minimum Gasteiger partial charge on any atom is -0.507 e. The lowest BCUT2D eigenvalue weighted by molar-refractivity contribution is -0.148. The van der Waals surface area contributed by atoms with E-state index in [1.54, 1.807) is 6.92 Å². The second-order valence-corrected chi connectivity index (χ2v) is 8.17. The molecular weight excluding hydrogens is 512 g/mol. The molecule has 12 nitrogen and oxygen atoms in total. The quantitative estimate of drug-likeness (QED) is 0.202. The number of methoxy groups -OCH3 is 2. The molecule has 0 amide bonds. The van der Waals surface area contributed by atoms with Crippen molar-refractivity contribution >= 4 is 35.2 Å². The smallest absolute Gasteiger partial charge is 0.346 e. The number of nitrogens with one attached hydrogen (secondary N) is 1. The molecule has 202 valence electrons. The highest BCUT2D eigenvalue weighted by Gasteiger charge is 2.26. The number of carbonyl (C=O) groups is 3. The van der Waals surface area contributed by atoms with E-state index in [-0.39, 0.29) is 28.3 Å². The highest BCUT2D eigenvalue weighted by molar-refractivity contribution is 6.33. The summed E-state index contributed by atoms with van der Waals surface area (Å²) >= 11 is 6.32. The third kappa shape index (κ3) is 9.32. The van der Waals surface area contributed by atoms with Crippen LogP contribution in [0.2, 0.25) is 5.02 Å². The summed E-state index contributed by atoms with van der Waals surface area (Å²) in [5.74, 6) is -3.15. The van der Waals surface area contributed by atoms with Crippen LogP contribution in [0.5, 0.6) is 11.5 Å². The number of ether oxygens (including phenoxy) is 3. The van der Waals surface area contributed by atoms with Gasteiger partial charge in [0.2, 0.25) is 6.61 Å². The zero-order chi connectivity index (χ0) is 27.4. The molecular formula is C24H29ClN2O10. The summed E-state index contributed by atoms with van der Waals surface area (Å²) in [6.45, 7) is 0.798. The Morgan fingerprint density at radius 1 is 1.16 bits per heavy atom. The maximum Gasteiger partial charge on any atom is 0.346 e. The summed E-state index contributed by atoms with van der Waals surface area (Å²) in [5, 5.41) is 24.5. The van der Waals surface area contributed by atoms with Gasteiger partial charge in [-0.05, 0) is 31.4 Å². The molecule has 1 aliphatic heterocycles. The molecule has 0 aliphatic carbocycles. The predicted octanol–water partition coefficient (Wildman–Crippen LogP) is 2.70. The first-order chi connectivity index (χ1) is 17.7. The molecule has 0 aromatic heterocycles. The van der Waals surface area contributed by atoms with Gasteiger partial charge in [0, 0.05) is 24.6 Å². The third-order valence-electron chi connectivity index (χ3n) is 4.96. The molecule has 37 heavy (non-hydrogen) atoms. The topological polar surface area (TPSA) is 162 Å². The number of oxime groups is 1. The summed E-state index contributed by atoms with van der Waals surface area (Å²) in [7, 11) is 2.40. The Labute approximate surface area is 218 Å². The lowest BCUT2D eigenvalue weighted by Crippen LogP contribution is -2.23. The fourth-order valence-electron chi connectivity index (χ4n) is 3.13. The van der Waals surface area contributed by atoms with E-state index in [2.05, 4.69) is 20.1 Å². The Balaban J connectivity index is 2.57. The van der Waals surface area contributed by atoms with E-state index >= 15 is 0 Å². The van der Waals surface area contributed by atoms with Gasteiger partial charge in [0.15, 0.2) is 6.61 Å². The van der Waals surface area contributed by atoms with Gasteiger partial charge >= 0.3 is 17.9 Å². The number of hydrogen-bond donors (Lipinski definition) is 3. The van der Waals surface area contributed by atoms with Crippen LogP contribution in [0.4, 0.5) is 0 Å². The van der Waals surface area contributed by atoms with Gasteiger partial charge in [-0.25, -0.2) is 14.4 Å². The SMILES string of the molecule is COC(=O)CON=C1C=C(NOCC(=O)OC)Cc2c(Cl)c(O)cc(O)c2C(=O)OC(C)C/C=C/CC1. The Morgan fingerprint density at radius 2 is 1.86 bits per heavy atom. The number of aromatic hydroxyl groups is 2. The number of hydrogen-bond acceptors (Lipinski definition) is 12. The zero-order valence-corrected chi connectivity index (χ0v) is 21.4. The van der Waals surface area contributed by atoms with Crippen molar-refractivity contribution < 1.29 is 48.5 Å². The third-order valence-corrected chi connectivity index (χ3v) is 5.38. The first-order valence-corrected chi connectivity index (χ1v) is 11.5. The van der Waals surface area contributed by atoms with Crippen LogP contribution in [0.15, 0.2) is 35.1 Å². The summed E-state index contributed by atoms with van der Waals surface area (Å²) in [5.41, 5.74) is 2.91. The monoisotopic (exact) mass is 540 g/mol.